The minimum Gasteiger partial charge on any atom is -0.341 e. The number of nitrogens with zero attached hydrogens (tertiary/aromatic N) is 4. The predicted octanol–water partition coefficient (Wildman–Crippen LogP) is -0.822. The maximum atomic E-state index is 11.8. The second-order valence-electron chi connectivity index (χ2n) is 4.04. The number of carbonyl (C=O) groups is 1. The Hall–Kier alpha value is -1.43. The van der Waals surface area contributed by atoms with Crippen LogP contribution in [0.5, 0.6) is 0 Å². The summed E-state index contributed by atoms with van der Waals surface area (Å²) in [6.45, 7) is 1.54. The SMILES string of the molecule is CNC1CCN(CCc2ncn(C)n2)C1=O. The van der Waals surface area contributed by atoms with E-state index in [0.29, 0.717) is 6.54 Å². The molecule has 1 atom stereocenters. The Morgan fingerprint density at radius 1 is 1.62 bits per heavy atom. The molecule has 1 N–H and O–H groups in total. The van der Waals surface area contributed by atoms with Crippen LogP contribution in [0.4, 0.5) is 0 Å². The van der Waals surface area contributed by atoms with Gasteiger partial charge < -0.3 is 10.2 Å². The lowest BCUT2D eigenvalue weighted by atomic mass is 10.3. The molecule has 1 aliphatic heterocycles. The van der Waals surface area contributed by atoms with E-state index in [1.165, 1.54) is 0 Å². The Morgan fingerprint density at radius 3 is 3.00 bits per heavy atom. The summed E-state index contributed by atoms with van der Waals surface area (Å²) < 4.78 is 1.68. The number of hydrogen-bond acceptors (Lipinski definition) is 4. The lowest BCUT2D eigenvalue weighted by Crippen LogP contribution is -2.37. The number of aryl methyl sites for hydroxylation is 1. The van der Waals surface area contributed by atoms with E-state index < -0.39 is 0 Å². The smallest absolute Gasteiger partial charge is 0.239 e. The molecule has 0 spiro atoms. The van der Waals surface area contributed by atoms with E-state index >= 15 is 0 Å². The fourth-order valence-corrected chi connectivity index (χ4v) is 1.96. The van der Waals surface area contributed by atoms with Gasteiger partial charge in [-0.05, 0) is 13.5 Å². The molecule has 1 amide bonds. The molecule has 0 radical (unpaired) electrons. The minimum atomic E-state index is -0.00306. The number of likely N-dealkylation sites (N-methyl/N-ethyl adjacent to an activating group) is 1. The van der Waals surface area contributed by atoms with Crippen LogP contribution in [-0.2, 0) is 18.3 Å². The van der Waals surface area contributed by atoms with Crippen molar-refractivity contribution in [3.63, 3.8) is 0 Å². The third-order valence-electron chi connectivity index (χ3n) is 2.90. The molecule has 6 heteroatoms. The number of amides is 1. The van der Waals surface area contributed by atoms with Crippen LogP contribution in [0.2, 0.25) is 0 Å². The monoisotopic (exact) mass is 223 g/mol. The molecular formula is C10H17N5O. The minimum absolute atomic E-state index is 0.00306. The quantitative estimate of drug-likeness (QED) is 0.724. The molecule has 0 saturated carbocycles. The second-order valence-corrected chi connectivity index (χ2v) is 4.04. The number of aromatic nitrogens is 3. The van der Waals surface area contributed by atoms with Gasteiger partial charge in [0.2, 0.25) is 5.91 Å². The van der Waals surface area contributed by atoms with Crippen LogP contribution in [-0.4, -0.2) is 51.8 Å². The molecule has 0 aromatic carbocycles. The molecule has 1 aromatic rings. The molecule has 0 aliphatic carbocycles. The van der Waals surface area contributed by atoms with Crippen LogP contribution in [0.3, 0.4) is 0 Å². The van der Waals surface area contributed by atoms with Crippen molar-refractivity contribution >= 4 is 5.91 Å². The Bertz CT molecular complexity index is 375. The summed E-state index contributed by atoms with van der Waals surface area (Å²) in [6.07, 6.45) is 3.30. The predicted molar refractivity (Wildman–Crippen MR) is 58.8 cm³/mol. The molecule has 16 heavy (non-hydrogen) atoms. The lowest BCUT2D eigenvalue weighted by molar-refractivity contribution is -0.129. The summed E-state index contributed by atoms with van der Waals surface area (Å²) >= 11 is 0. The van der Waals surface area contributed by atoms with Crippen LogP contribution in [0.25, 0.3) is 0 Å². The lowest BCUT2D eigenvalue weighted by Gasteiger charge is -2.15. The summed E-state index contributed by atoms with van der Waals surface area (Å²) in [4.78, 5) is 17.8. The Labute approximate surface area is 94.6 Å². The van der Waals surface area contributed by atoms with Crippen LogP contribution >= 0.6 is 0 Å². The molecule has 88 valence electrons. The molecule has 1 aromatic heterocycles. The Kier molecular flexibility index (Phi) is 3.19. The van der Waals surface area contributed by atoms with Crippen molar-refractivity contribution in [2.24, 2.45) is 7.05 Å². The number of carbonyl (C=O) groups excluding carboxylic acids is 1. The van der Waals surface area contributed by atoms with Gasteiger partial charge in [0, 0.05) is 26.6 Å². The zero-order valence-corrected chi connectivity index (χ0v) is 9.68. The molecule has 2 rings (SSSR count). The van der Waals surface area contributed by atoms with Crippen molar-refractivity contribution in [1.29, 1.82) is 0 Å². The van der Waals surface area contributed by atoms with E-state index in [4.69, 9.17) is 0 Å². The van der Waals surface area contributed by atoms with E-state index in [1.54, 1.807) is 11.0 Å². The van der Waals surface area contributed by atoms with Gasteiger partial charge in [0.15, 0.2) is 5.82 Å². The van der Waals surface area contributed by atoms with Gasteiger partial charge in [-0.1, -0.05) is 0 Å². The molecule has 0 bridgehead atoms. The average molecular weight is 223 g/mol. The normalized spacial score (nSPS) is 20.8. The van der Waals surface area contributed by atoms with E-state index in [1.807, 2.05) is 19.0 Å². The number of nitrogens with one attached hydrogen (secondary N) is 1. The second kappa shape index (κ2) is 4.61. The fraction of sp³-hybridized carbons (Fsp3) is 0.700. The topological polar surface area (TPSA) is 63.1 Å². The average Bonchev–Trinajstić information content (AvgIpc) is 2.83. The highest BCUT2D eigenvalue weighted by Crippen LogP contribution is 2.10. The molecule has 1 aliphatic rings. The highest BCUT2D eigenvalue weighted by Gasteiger charge is 2.29. The molecule has 6 nitrogen and oxygen atoms in total. The first-order valence-corrected chi connectivity index (χ1v) is 5.51. The van der Waals surface area contributed by atoms with Gasteiger partial charge in [0.25, 0.3) is 0 Å². The largest absolute Gasteiger partial charge is 0.341 e. The summed E-state index contributed by atoms with van der Waals surface area (Å²) in [5.41, 5.74) is 0. The van der Waals surface area contributed by atoms with Gasteiger partial charge in [0.05, 0.1) is 6.04 Å². The summed E-state index contributed by atoms with van der Waals surface area (Å²) in [5, 5.41) is 7.21. The third kappa shape index (κ3) is 2.21. The summed E-state index contributed by atoms with van der Waals surface area (Å²) in [6, 6.07) is -0.00306. The summed E-state index contributed by atoms with van der Waals surface area (Å²) in [7, 11) is 3.67. The first kappa shape index (κ1) is 11.1. The van der Waals surface area contributed by atoms with E-state index in [9.17, 15) is 4.79 Å². The van der Waals surface area contributed by atoms with E-state index in [-0.39, 0.29) is 11.9 Å². The van der Waals surface area contributed by atoms with Gasteiger partial charge in [0.1, 0.15) is 6.33 Å². The number of rotatable bonds is 4. The standard InChI is InChI=1S/C10H17N5O/c1-11-8-3-5-15(10(8)16)6-4-9-12-7-14(2)13-9/h7-8,11H,3-6H2,1-2H3. The van der Waals surface area contributed by atoms with Gasteiger partial charge in [-0.25, -0.2) is 4.98 Å². The van der Waals surface area contributed by atoms with Crippen molar-refractivity contribution in [2.45, 2.75) is 18.9 Å². The summed E-state index contributed by atoms with van der Waals surface area (Å²) in [5.74, 6) is 0.988. The highest BCUT2D eigenvalue weighted by atomic mass is 16.2. The van der Waals surface area contributed by atoms with Gasteiger partial charge in [-0.3, -0.25) is 9.48 Å². The maximum Gasteiger partial charge on any atom is 0.239 e. The number of hydrogen-bond donors (Lipinski definition) is 1. The first-order chi connectivity index (χ1) is 7.70. The van der Waals surface area contributed by atoms with Crippen LogP contribution < -0.4 is 5.32 Å². The zero-order valence-electron chi connectivity index (χ0n) is 9.68. The Balaban J connectivity index is 1.85. The van der Waals surface area contributed by atoms with Crippen molar-refractivity contribution in [3.05, 3.63) is 12.2 Å². The van der Waals surface area contributed by atoms with Crippen LogP contribution in [0.1, 0.15) is 12.2 Å². The fourth-order valence-electron chi connectivity index (χ4n) is 1.96. The Morgan fingerprint density at radius 2 is 2.44 bits per heavy atom. The van der Waals surface area contributed by atoms with Gasteiger partial charge in [-0.15, -0.1) is 0 Å². The third-order valence-corrected chi connectivity index (χ3v) is 2.90. The highest BCUT2D eigenvalue weighted by molar-refractivity contribution is 5.83. The number of likely N-dealkylation sites (tertiary alicyclic amines) is 1. The van der Waals surface area contributed by atoms with Crippen molar-refractivity contribution in [2.75, 3.05) is 20.1 Å². The van der Waals surface area contributed by atoms with Crippen LogP contribution in [0.15, 0.2) is 6.33 Å². The van der Waals surface area contributed by atoms with Crippen LogP contribution in [0, 0.1) is 0 Å². The first-order valence-electron chi connectivity index (χ1n) is 5.51. The molecular weight excluding hydrogens is 206 g/mol. The van der Waals surface area contributed by atoms with Gasteiger partial charge >= 0.3 is 0 Å². The molecule has 1 saturated heterocycles. The van der Waals surface area contributed by atoms with E-state index in [0.717, 1.165) is 25.2 Å². The van der Waals surface area contributed by atoms with Crippen molar-refractivity contribution < 1.29 is 4.79 Å². The molecule has 2 heterocycles. The zero-order chi connectivity index (χ0) is 11.5. The van der Waals surface area contributed by atoms with Crippen molar-refractivity contribution in [1.82, 2.24) is 25.0 Å². The van der Waals surface area contributed by atoms with Gasteiger partial charge in [-0.2, -0.15) is 5.10 Å². The van der Waals surface area contributed by atoms with Crippen molar-refractivity contribution in [3.8, 4) is 0 Å². The van der Waals surface area contributed by atoms with E-state index in [2.05, 4.69) is 15.4 Å². The maximum absolute atomic E-state index is 11.8. The molecule has 1 unspecified atom stereocenters. The molecule has 1 fully saturated rings.